The lowest BCUT2D eigenvalue weighted by atomic mass is 10.2. The van der Waals surface area contributed by atoms with Crippen LogP contribution in [0.25, 0.3) is 6.08 Å². The van der Waals surface area contributed by atoms with Crippen LogP contribution in [0.1, 0.15) is 11.1 Å². The quantitative estimate of drug-likeness (QED) is 0.573. The summed E-state index contributed by atoms with van der Waals surface area (Å²) in [5.74, 6) is 3.69. The van der Waals surface area contributed by atoms with Crippen LogP contribution in [0.2, 0.25) is 0 Å². The van der Waals surface area contributed by atoms with Crippen molar-refractivity contribution < 1.29 is 0 Å². The molecule has 2 rings (SSSR count). The van der Waals surface area contributed by atoms with Crippen molar-refractivity contribution in [3.8, 4) is 0 Å². The highest BCUT2D eigenvalue weighted by atomic mass is 15.5. The Morgan fingerprint density at radius 2 is 2.33 bits per heavy atom. The molecule has 0 amide bonds. The molecule has 0 bridgehead atoms. The van der Waals surface area contributed by atoms with Crippen molar-refractivity contribution in [3.63, 3.8) is 0 Å². The van der Waals surface area contributed by atoms with E-state index >= 15 is 0 Å². The standard InChI is InChI=1S/C9H9N3/c1-7-5-8-3-4-11-12(2)9(8)10-6-7/h3,5-6H,1-2H3. The molecule has 0 fully saturated rings. The van der Waals surface area contributed by atoms with Gasteiger partial charge in [-0.25, -0.2) is 9.99 Å². The predicted molar refractivity (Wildman–Crippen MR) is 49.3 cm³/mol. The van der Waals surface area contributed by atoms with Crippen molar-refractivity contribution in [1.29, 1.82) is 0 Å². The highest BCUT2D eigenvalue weighted by molar-refractivity contribution is 5.85. The van der Waals surface area contributed by atoms with Crippen molar-refractivity contribution in [1.82, 2.24) is 4.98 Å². The van der Waals surface area contributed by atoms with Crippen LogP contribution in [0.15, 0.2) is 17.4 Å². The fourth-order valence-corrected chi connectivity index (χ4v) is 1.19. The average molecular weight is 159 g/mol. The van der Waals surface area contributed by atoms with Gasteiger partial charge in [-0.05, 0) is 18.6 Å². The molecule has 0 atom stereocenters. The molecule has 0 N–H and O–H groups in total. The van der Waals surface area contributed by atoms with Gasteiger partial charge in [0.2, 0.25) is 0 Å². The zero-order valence-corrected chi connectivity index (χ0v) is 7.07. The topological polar surface area (TPSA) is 28.5 Å². The number of hydrogen-bond acceptors (Lipinski definition) is 3. The predicted octanol–water partition coefficient (Wildman–Crippen LogP) is 1.44. The number of rotatable bonds is 0. The van der Waals surface area contributed by atoms with Gasteiger partial charge in [0.25, 0.3) is 0 Å². The van der Waals surface area contributed by atoms with Gasteiger partial charge >= 0.3 is 0 Å². The van der Waals surface area contributed by atoms with Crippen LogP contribution in [0.5, 0.6) is 0 Å². The van der Waals surface area contributed by atoms with E-state index in [2.05, 4.69) is 22.0 Å². The first-order chi connectivity index (χ1) is 5.77. The molecule has 3 heteroatoms. The maximum Gasteiger partial charge on any atom is 0.157 e. The Balaban J connectivity index is 2.63. The zero-order chi connectivity index (χ0) is 8.55. The van der Waals surface area contributed by atoms with Crippen molar-refractivity contribution in [2.75, 3.05) is 12.1 Å². The smallest absolute Gasteiger partial charge is 0.157 e. The minimum absolute atomic E-state index is 0.888. The number of hydrogen-bond donors (Lipinski definition) is 0. The van der Waals surface area contributed by atoms with Gasteiger partial charge in [-0.1, -0.05) is 0 Å². The van der Waals surface area contributed by atoms with Crippen LogP contribution in [-0.2, 0) is 0 Å². The average Bonchev–Trinajstić information content (AvgIpc) is 2.04. The molecule has 0 saturated carbocycles. The van der Waals surface area contributed by atoms with E-state index in [1.807, 2.05) is 26.2 Å². The van der Waals surface area contributed by atoms with Crippen molar-refractivity contribution in [3.05, 3.63) is 23.4 Å². The Bertz CT molecular complexity index is 375. The summed E-state index contributed by atoms with van der Waals surface area (Å²) in [6, 6.07) is 2.07. The molecule has 60 valence electrons. The Hall–Kier alpha value is -1.60. The molecule has 0 aromatic carbocycles. The Kier molecular flexibility index (Phi) is 1.45. The van der Waals surface area contributed by atoms with Crippen LogP contribution >= 0.6 is 0 Å². The fourth-order valence-electron chi connectivity index (χ4n) is 1.19. The van der Waals surface area contributed by atoms with Gasteiger partial charge in [-0.3, -0.25) is 0 Å². The van der Waals surface area contributed by atoms with Crippen LogP contribution in [-0.4, -0.2) is 17.9 Å². The number of hydrazone groups is 1. The second-order valence-corrected chi connectivity index (χ2v) is 2.82. The molecule has 1 aromatic heterocycles. The Labute approximate surface area is 71.0 Å². The minimum Gasteiger partial charge on any atom is -0.242 e. The van der Waals surface area contributed by atoms with Gasteiger partial charge in [0.1, 0.15) is 0 Å². The summed E-state index contributed by atoms with van der Waals surface area (Å²) < 4.78 is 0. The zero-order valence-electron chi connectivity index (χ0n) is 7.07. The highest BCUT2D eigenvalue weighted by Crippen LogP contribution is 2.20. The van der Waals surface area contributed by atoms with Crippen LogP contribution < -0.4 is 5.01 Å². The summed E-state index contributed by atoms with van der Waals surface area (Å²) in [5, 5.41) is 5.68. The van der Waals surface area contributed by atoms with Crippen LogP contribution in [0, 0.1) is 6.92 Å². The van der Waals surface area contributed by atoms with Crippen molar-refractivity contribution >= 4 is 17.8 Å². The molecule has 0 aliphatic carbocycles. The van der Waals surface area contributed by atoms with E-state index in [1.54, 1.807) is 5.01 Å². The lowest BCUT2D eigenvalue weighted by Gasteiger charge is -2.15. The molecule has 1 aromatic rings. The van der Waals surface area contributed by atoms with E-state index < -0.39 is 0 Å². The summed E-state index contributed by atoms with van der Waals surface area (Å²) in [7, 11) is 1.86. The van der Waals surface area contributed by atoms with E-state index in [-0.39, 0.29) is 0 Å². The highest BCUT2D eigenvalue weighted by Gasteiger charge is 2.08. The second-order valence-electron chi connectivity index (χ2n) is 2.82. The first-order valence-corrected chi connectivity index (χ1v) is 3.77. The first-order valence-electron chi connectivity index (χ1n) is 3.77. The van der Waals surface area contributed by atoms with E-state index in [0.29, 0.717) is 0 Å². The molecule has 0 saturated heterocycles. The third-order valence-corrected chi connectivity index (χ3v) is 1.77. The molecule has 1 aliphatic rings. The summed E-state index contributed by atoms with van der Waals surface area (Å²) in [5.41, 5.74) is 2.23. The summed E-state index contributed by atoms with van der Waals surface area (Å²) in [6.45, 7) is 2.02. The van der Waals surface area contributed by atoms with E-state index in [9.17, 15) is 0 Å². The minimum atomic E-state index is 0.888. The maximum absolute atomic E-state index is 4.26. The van der Waals surface area contributed by atoms with Crippen molar-refractivity contribution in [2.24, 2.45) is 5.10 Å². The number of fused-ring (bicyclic) bond motifs is 1. The normalized spacial score (nSPS) is 13.3. The van der Waals surface area contributed by atoms with E-state index in [0.717, 1.165) is 16.9 Å². The molecule has 2 heterocycles. The summed E-state index contributed by atoms with van der Waals surface area (Å²) in [6.07, 6.45) is 3.68. The Morgan fingerprint density at radius 1 is 1.50 bits per heavy atom. The fraction of sp³-hybridized carbons (Fsp3) is 0.222. The lowest BCUT2D eigenvalue weighted by Crippen LogP contribution is -2.13. The largest absolute Gasteiger partial charge is 0.242 e. The van der Waals surface area contributed by atoms with Gasteiger partial charge in [-0.2, -0.15) is 0 Å². The maximum atomic E-state index is 4.26. The second kappa shape index (κ2) is 2.47. The molecular weight excluding hydrogens is 150 g/mol. The molecule has 0 spiro atoms. The molecule has 0 unspecified atom stereocenters. The monoisotopic (exact) mass is 159 g/mol. The van der Waals surface area contributed by atoms with Gasteiger partial charge in [0.15, 0.2) is 5.82 Å². The van der Waals surface area contributed by atoms with Gasteiger partial charge in [-0.15, -0.1) is 5.10 Å². The van der Waals surface area contributed by atoms with Crippen molar-refractivity contribution in [2.45, 2.75) is 6.92 Å². The van der Waals surface area contributed by atoms with Crippen LogP contribution in [0.3, 0.4) is 0 Å². The number of aromatic nitrogens is 1. The van der Waals surface area contributed by atoms with Gasteiger partial charge in [0.05, 0.1) is 0 Å². The van der Waals surface area contributed by atoms with Gasteiger partial charge < -0.3 is 0 Å². The molecular formula is C9H9N3. The SMILES string of the molecule is Cc1cnc2c(c1)C=C=NN2C. The van der Waals surface area contributed by atoms with E-state index in [4.69, 9.17) is 0 Å². The molecule has 0 radical (unpaired) electrons. The Morgan fingerprint density at radius 3 is 3.17 bits per heavy atom. The molecule has 1 aliphatic heterocycles. The lowest BCUT2D eigenvalue weighted by molar-refractivity contribution is 0.974. The summed E-state index contributed by atoms with van der Waals surface area (Å²) in [4.78, 5) is 4.26. The first kappa shape index (κ1) is 7.07. The molecule has 3 nitrogen and oxygen atoms in total. The molecule has 12 heavy (non-hydrogen) atoms. The van der Waals surface area contributed by atoms with E-state index in [1.165, 1.54) is 0 Å². The number of nitrogens with zero attached hydrogens (tertiary/aromatic N) is 3. The number of aryl methyl sites for hydroxylation is 1. The van der Waals surface area contributed by atoms with Gasteiger partial charge in [0, 0.05) is 30.8 Å². The third kappa shape index (κ3) is 1.00. The summed E-state index contributed by atoms with van der Waals surface area (Å²) >= 11 is 0. The number of anilines is 1. The van der Waals surface area contributed by atoms with Crippen LogP contribution in [0.4, 0.5) is 5.82 Å². The third-order valence-electron chi connectivity index (χ3n) is 1.77. The number of pyridine rings is 1.